The lowest BCUT2D eigenvalue weighted by Crippen LogP contribution is -1.98. The predicted molar refractivity (Wildman–Crippen MR) is 74.2 cm³/mol. The number of nitrogens with zero attached hydrogens (tertiary/aromatic N) is 3. The van der Waals surface area contributed by atoms with Gasteiger partial charge in [0.1, 0.15) is 0 Å². The number of fused-ring (bicyclic) bond motifs is 1. The maximum atomic E-state index is 5.53. The monoisotopic (exact) mass is 253 g/mol. The van der Waals surface area contributed by atoms with Gasteiger partial charge < -0.3 is 4.74 Å². The molecule has 4 heteroatoms. The maximum Gasteiger partial charge on any atom is 0.216 e. The van der Waals surface area contributed by atoms with Gasteiger partial charge in [-0.15, -0.1) is 0 Å². The van der Waals surface area contributed by atoms with Crippen LogP contribution in [0.4, 0.5) is 0 Å². The maximum absolute atomic E-state index is 5.53. The van der Waals surface area contributed by atoms with Gasteiger partial charge in [-0.1, -0.05) is 37.3 Å². The van der Waals surface area contributed by atoms with Crippen molar-refractivity contribution in [3.63, 3.8) is 0 Å². The molecule has 0 atom stereocenters. The highest BCUT2D eigenvalue weighted by atomic mass is 16.5. The standard InChI is InChI=1S/C15H15N3O/c1-2-10-19-15-8-9-18-14(16-15)11-13(17-18)12-6-4-3-5-7-12/h3-9,11H,2,10H2,1H3. The van der Waals surface area contributed by atoms with Crippen LogP contribution in [0.2, 0.25) is 0 Å². The van der Waals surface area contributed by atoms with Crippen LogP contribution in [0.25, 0.3) is 16.9 Å². The van der Waals surface area contributed by atoms with Gasteiger partial charge in [-0.3, -0.25) is 0 Å². The summed E-state index contributed by atoms with van der Waals surface area (Å²) in [7, 11) is 0. The molecule has 96 valence electrons. The van der Waals surface area contributed by atoms with Gasteiger partial charge in [0.2, 0.25) is 5.88 Å². The van der Waals surface area contributed by atoms with Gasteiger partial charge in [0, 0.05) is 23.9 Å². The van der Waals surface area contributed by atoms with E-state index in [2.05, 4.69) is 17.0 Å². The fourth-order valence-electron chi connectivity index (χ4n) is 1.90. The van der Waals surface area contributed by atoms with Crippen LogP contribution in [-0.2, 0) is 0 Å². The highest BCUT2D eigenvalue weighted by Gasteiger charge is 2.06. The highest BCUT2D eigenvalue weighted by Crippen LogP contribution is 2.19. The summed E-state index contributed by atoms with van der Waals surface area (Å²) in [5.74, 6) is 0.647. The van der Waals surface area contributed by atoms with Gasteiger partial charge >= 0.3 is 0 Å². The van der Waals surface area contributed by atoms with Crippen molar-refractivity contribution in [2.45, 2.75) is 13.3 Å². The van der Waals surface area contributed by atoms with Crippen molar-refractivity contribution < 1.29 is 4.74 Å². The van der Waals surface area contributed by atoms with Crippen LogP contribution in [0.5, 0.6) is 5.88 Å². The van der Waals surface area contributed by atoms with Crippen LogP contribution >= 0.6 is 0 Å². The van der Waals surface area contributed by atoms with Crippen molar-refractivity contribution in [1.29, 1.82) is 0 Å². The molecular formula is C15H15N3O. The molecule has 0 saturated carbocycles. The molecule has 19 heavy (non-hydrogen) atoms. The number of hydrogen-bond acceptors (Lipinski definition) is 3. The zero-order chi connectivity index (χ0) is 13.1. The first kappa shape index (κ1) is 11.7. The Morgan fingerprint density at radius 1 is 1.16 bits per heavy atom. The molecule has 0 fully saturated rings. The summed E-state index contributed by atoms with van der Waals surface area (Å²) in [6.45, 7) is 2.76. The molecule has 0 saturated heterocycles. The first-order chi connectivity index (χ1) is 9.36. The van der Waals surface area contributed by atoms with E-state index in [0.29, 0.717) is 12.5 Å². The normalized spacial score (nSPS) is 10.8. The molecule has 2 heterocycles. The van der Waals surface area contributed by atoms with Crippen molar-refractivity contribution >= 4 is 5.65 Å². The lowest BCUT2D eigenvalue weighted by atomic mass is 10.2. The third kappa shape index (κ3) is 2.42. The van der Waals surface area contributed by atoms with Gasteiger partial charge in [-0.05, 0) is 6.42 Å². The third-order valence-electron chi connectivity index (χ3n) is 2.82. The minimum atomic E-state index is 0.647. The van der Waals surface area contributed by atoms with E-state index in [4.69, 9.17) is 4.74 Å². The predicted octanol–water partition coefficient (Wildman–Crippen LogP) is 3.19. The van der Waals surface area contributed by atoms with Crippen molar-refractivity contribution in [3.8, 4) is 17.1 Å². The summed E-state index contributed by atoms with van der Waals surface area (Å²) in [5, 5.41) is 4.50. The van der Waals surface area contributed by atoms with E-state index in [0.717, 1.165) is 23.3 Å². The Kier molecular flexibility index (Phi) is 3.14. The van der Waals surface area contributed by atoms with Crippen LogP contribution in [0.1, 0.15) is 13.3 Å². The van der Waals surface area contributed by atoms with Crippen molar-refractivity contribution in [2.24, 2.45) is 0 Å². The quantitative estimate of drug-likeness (QED) is 0.717. The Morgan fingerprint density at radius 3 is 2.79 bits per heavy atom. The number of ether oxygens (including phenoxy) is 1. The van der Waals surface area contributed by atoms with Crippen molar-refractivity contribution in [1.82, 2.24) is 14.6 Å². The molecule has 3 aromatic rings. The lowest BCUT2D eigenvalue weighted by molar-refractivity contribution is 0.305. The molecule has 3 rings (SSSR count). The first-order valence-electron chi connectivity index (χ1n) is 6.41. The van der Waals surface area contributed by atoms with E-state index in [1.807, 2.05) is 48.7 Å². The number of hydrogen-bond donors (Lipinski definition) is 0. The highest BCUT2D eigenvalue weighted by molar-refractivity contribution is 5.63. The summed E-state index contributed by atoms with van der Waals surface area (Å²) in [6, 6.07) is 13.9. The fourth-order valence-corrected chi connectivity index (χ4v) is 1.90. The SMILES string of the molecule is CCCOc1ccn2nc(-c3ccccc3)cc2n1. The van der Waals surface area contributed by atoms with Gasteiger partial charge in [0.05, 0.1) is 12.3 Å². The number of aromatic nitrogens is 3. The molecule has 0 aliphatic rings. The largest absolute Gasteiger partial charge is 0.478 e. The summed E-state index contributed by atoms with van der Waals surface area (Å²) >= 11 is 0. The molecule has 0 amide bonds. The Balaban J connectivity index is 1.97. The van der Waals surface area contributed by atoms with Crippen LogP contribution in [0, 0.1) is 0 Å². The summed E-state index contributed by atoms with van der Waals surface area (Å²) in [6.07, 6.45) is 2.85. The van der Waals surface area contributed by atoms with E-state index in [1.54, 1.807) is 4.52 Å². The van der Waals surface area contributed by atoms with E-state index in [1.165, 1.54) is 0 Å². The average molecular weight is 253 g/mol. The smallest absolute Gasteiger partial charge is 0.216 e. The minimum Gasteiger partial charge on any atom is -0.478 e. The van der Waals surface area contributed by atoms with E-state index in [9.17, 15) is 0 Å². The van der Waals surface area contributed by atoms with Crippen molar-refractivity contribution in [2.75, 3.05) is 6.61 Å². The molecule has 0 radical (unpaired) electrons. The second-order valence-corrected chi connectivity index (χ2v) is 4.31. The van der Waals surface area contributed by atoms with Crippen LogP contribution < -0.4 is 4.74 Å². The molecular weight excluding hydrogens is 238 g/mol. The third-order valence-corrected chi connectivity index (χ3v) is 2.82. The topological polar surface area (TPSA) is 39.4 Å². The molecule has 0 aliphatic heterocycles. The van der Waals surface area contributed by atoms with Crippen molar-refractivity contribution in [3.05, 3.63) is 48.7 Å². The zero-order valence-corrected chi connectivity index (χ0v) is 10.8. The van der Waals surface area contributed by atoms with E-state index >= 15 is 0 Å². The molecule has 0 spiro atoms. The van der Waals surface area contributed by atoms with Gasteiger partial charge in [0.25, 0.3) is 0 Å². The second kappa shape index (κ2) is 5.10. The van der Waals surface area contributed by atoms with Gasteiger partial charge in [0.15, 0.2) is 5.65 Å². The lowest BCUT2D eigenvalue weighted by Gasteiger charge is -2.02. The minimum absolute atomic E-state index is 0.647. The Labute approximate surface area is 111 Å². The molecule has 0 unspecified atom stereocenters. The van der Waals surface area contributed by atoms with E-state index in [-0.39, 0.29) is 0 Å². The molecule has 0 bridgehead atoms. The average Bonchev–Trinajstić information content (AvgIpc) is 2.89. The second-order valence-electron chi connectivity index (χ2n) is 4.31. The summed E-state index contributed by atoms with van der Waals surface area (Å²) < 4.78 is 7.29. The number of rotatable bonds is 4. The Bertz CT molecular complexity index is 676. The van der Waals surface area contributed by atoms with Gasteiger partial charge in [-0.25, -0.2) is 4.52 Å². The van der Waals surface area contributed by atoms with Gasteiger partial charge in [-0.2, -0.15) is 10.1 Å². The molecule has 0 aliphatic carbocycles. The van der Waals surface area contributed by atoms with Crippen LogP contribution in [0.15, 0.2) is 48.7 Å². The summed E-state index contributed by atoms with van der Waals surface area (Å²) in [4.78, 5) is 4.44. The molecule has 1 aromatic carbocycles. The molecule has 0 N–H and O–H groups in total. The molecule has 2 aromatic heterocycles. The fraction of sp³-hybridized carbons (Fsp3) is 0.200. The zero-order valence-electron chi connectivity index (χ0n) is 10.8. The Hall–Kier alpha value is -2.36. The van der Waals surface area contributed by atoms with Crippen LogP contribution in [0.3, 0.4) is 0 Å². The van der Waals surface area contributed by atoms with E-state index < -0.39 is 0 Å². The summed E-state index contributed by atoms with van der Waals surface area (Å²) in [5.41, 5.74) is 2.80. The Morgan fingerprint density at radius 2 is 2.00 bits per heavy atom. The first-order valence-corrected chi connectivity index (χ1v) is 6.41. The molecule has 4 nitrogen and oxygen atoms in total. The number of benzene rings is 1. The van der Waals surface area contributed by atoms with Crippen LogP contribution in [-0.4, -0.2) is 21.2 Å².